The number of nitrogens with one attached hydrogen (secondary N) is 1. The highest BCUT2D eigenvalue weighted by molar-refractivity contribution is 5.85. The van der Waals surface area contributed by atoms with E-state index in [1.807, 2.05) is 44.2 Å². The van der Waals surface area contributed by atoms with Crippen LogP contribution < -0.4 is 5.43 Å². The van der Waals surface area contributed by atoms with Crippen molar-refractivity contribution in [2.45, 2.75) is 13.8 Å². The van der Waals surface area contributed by atoms with Crippen molar-refractivity contribution in [2.24, 2.45) is 21.2 Å². The standard InChI is InChI=1S/C15H16N6O2/c1-11(2)15(19-17-12-6-4-3-5-7-12)20-18-14-9-8-13(10-16-14)21(22)23/h3-11,17H,1-2H3. The van der Waals surface area contributed by atoms with Crippen molar-refractivity contribution in [3.63, 3.8) is 0 Å². The van der Waals surface area contributed by atoms with Gasteiger partial charge in [-0.1, -0.05) is 32.0 Å². The molecule has 0 aliphatic rings. The number of para-hydroxylation sites is 1. The lowest BCUT2D eigenvalue weighted by molar-refractivity contribution is -0.385. The summed E-state index contributed by atoms with van der Waals surface area (Å²) in [4.78, 5) is 13.9. The zero-order chi connectivity index (χ0) is 16.7. The van der Waals surface area contributed by atoms with E-state index in [0.29, 0.717) is 5.84 Å². The van der Waals surface area contributed by atoms with Crippen molar-refractivity contribution in [2.75, 3.05) is 5.43 Å². The molecule has 1 N–H and O–H groups in total. The summed E-state index contributed by atoms with van der Waals surface area (Å²) < 4.78 is 0. The van der Waals surface area contributed by atoms with E-state index in [4.69, 9.17) is 0 Å². The second kappa shape index (κ2) is 7.74. The first-order valence-electron chi connectivity index (χ1n) is 6.97. The van der Waals surface area contributed by atoms with Gasteiger partial charge in [-0.15, -0.1) is 10.2 Å². The van der Waals surface area contributed by atoms with Crippen LogP contribution in [0.1, 0.15) is 13.8 Å². The number of rotatable bonds is 5. The first-order valence-corrected chi connectivity index (χ1v) is 6.97. The number of benzene rings is 1. The number of aromatic nitrogens is 1. The van der Waals surface area contributed by atoms with E-state index in [9.17, 15) is 10.1 Å². The number of pyridine rings is 1. The third-order valence-electron chi connectivity index (χ3n) is 2.79. The van der Waals surface area contributed by atoms with Gasteiger partial charge in [-0.25, -0.2) is 4.98 Å². The molecule has 0 aliphatic heterocycles. The average Bonchev–Trinajstić information content (AvgIpc) is 2.56. The van der Waals surface area contributed by atoms with Crippen LogP contribution in [0.25, 0.3) is 0 Å². The number of anilines is 1. The molecule has 0 saturated heterocycles. The van der Waals surface area contributed by atoms with Gasteiger partial charge in [0.15, 0.2) is 11.7 Å². The van der Waals surface area contributed by atoms with E-state index in [2.05, 4.69) is 25.7 Å². The van der Waals surface area contributed by atoms with E-state index in [1.165, 1.54) is 12.1 Å². The lowest BCUT2D eigenvalue weighted by atomic mass is 10.2. The highest BCUT2D eigenvalue weighted by atomic mass is 16.6. The quantitative estimate of drug-likeness (QED) is 0.294. The lowest BCUT2D eigenvalue weighted by Gasteiger charge is -2.05. The zero-order valence-corrected chi connectivity index (χ0v) is 12.7. The first-order chi connectivity index (χ1) is 11.1. The Kier molecular flexibility index (Phi) is 5.45. The molecule has 0 spiro atoms. The molecule has 0 atom stereocenters. The fraction of sp³-hybridized carbons (Fsp3) is 0.200. The number of hydrazone groups is 1. The summed E-state index contributed by atoms with van der Waals surface area (Å²) in [6, 6.07) is 12.2. The van der Waals surface area contributed by atoms with E-state index < -0.39 is 4.92 Å². The summed E-state index contributed by atoms with van der Waals surface area (Å²) in [5.41, 5.74) is 3.66. The molecule has 0 aliphatic carbocycles. The van der Waals surface area contributed by atoms with Gasteiger partial charge in [-0.3, -0.25) is 15.5 Å². The van der Waals surface area contributed by atoms with Gasteiger partial charge < -0.3 is 0 Å². The van der Waals surface area contributed by atoms with Crippen molar-refractivity contribution >= 4 is 23.0 Å². The summed E-state index contributed by atoms with van der Waals surface area (Å²) in [5, 5.41) is 22.8. The van der Waals surface area contributed by atoms with Crippen molar-refractivity contribution in [3.05, 3.63) is 58.8 Å². The van der Waals surface area contributed by atoms with Crippen LogP contribution in [0.2, 0.25) is 0 Å². The Hall–Kier alpha value is -3.16. The number of amidine groups is 1. The minimum Gasteiger partial charge on any atom is -0.277 e. The van der Waals surface area contributed by atoms with Gasteiger partial charge in [0.25, 0.3) is 5.69 Å². The maximum absolute atomic E-state index is 10.6. The van der Waals surface area contributed by atoms with Crippen LogP contribution in [-0.4, -0.2) is 15.7 Å². The molecular formula is C15H16N6O2. The molecule has 2 aromatic rings. The molecule has 0 amide bonds. The van der Waals surface area contributed by atoms with Gasteiger partial charge in [-0.05, 0) is 18.2 Å². The highest BCUT2D eigenvalue weighted by Crippen LogP contribution is 2.15. The molecule has 2 rings (SSSR count). The molecule has 0 radical (unpaired) electrons. The fourth-order valence-corrected chi connectivity index (χ4v) is 1.55. The topological polar surface area (TPSA) is 105 Å². The van der Waals surface area contributed by atoms with Gasteiger partial charge in [-0.2, -0.15) is 5.10 Å². The fourth-order valence-electron chi connectivity index (χ4n) is 1.55. The molecule has 23 heavy (non-hydrogen) atoms. The monoisotopic (exact) mass is 312 g/mol. The number of hydrogen-bond donors (Lipinski definition) is 1. The van der Waals surface area contributed by atoms with Crippen molar-refractivity contribution in [1.82, 2.24) is 4.98 Å². The lowest BCUT2D eigenvalue weighted by Crippen LogP contribution is -2.06. The molecule has 0 bridgehead atoms. The Balaban J connectivity index is 2.10. The summed E-state index contributed by atoms with van der Waals surface area (Å²) in [7, 11) is 0. The minimum atomic E-state index is -0.515. The molecule has 1 aromatic carbocycles. The Morgan fingerprint density at radius 3 is 2.52 bits per heavy atom. The number of hydrogen-bond acceptors (Lipinski definition) is 6. The van der Waals surface area contributed by atoms with Crippen LogP contribution in [-0.2, 0) is 0 Å². The average molecular weight is 312 g/mol. The van der Waals surface area contributed by atoms with Gasteiger partial charge in [0, 0.05) is 12.0 Å². The summed E-state index contributed by atoms with van der Waals surface area (Å²) in [6.07, 6.45) is 1.14. The van der Waals surface area contributed by atoms with E-state index >= 15 is 0 Å². The van der Waals surface area contributed by atoms with E-state index in [0.717, 1.165) is 11.9 Å². The van der Waals surface area contributed by atoms with E-state index in [1.54, 1.807) is 0 Å². The molecule has 8 nitrogen and oxygen atoms in total. The highest BCUT2D eigenvalue weighted by Gasteiger charge is 2.07. The van der Waals surface area contributed by atoms with Crippen molar-refractivity contribution in [3.8, 4) is 0 Å². The molecule has 0 unspecified atom stereocenters. The Labute approximate surface area is 133 Å². The van der Waals surface area contributed by atoms with Crippen LogP contribution in [0.5, 0.6) is 0 Å². The predicted octanol–water partition coefficient (Wildman–Crippen LogP) is 4.16. The molecule has 1 heterocycles. The Morgan fingerprint density at radius 2 is 1.96 bits per heavy atom. The van der Waals surface area contributed by atoms with Gasteiger partial charge in [0.2, 0.25) is 0 Å². The molecule has 0 saturated carbocycles. The summed E-state index contributed by atoms with van der Waals surface area (Å²) in [6.45, 7) is 3.88. The van der Waals surface area contributed by atoms with Crippen molar-refractivity contribution in [1.29, 1.82) is 0 Å². The van der Waals surface area contributed by atoms with Crippen LogP contribution in [0.4, 0.5) is 17.2 Å². The second-order valence-corrected chi connectivity index (χ2v) is 4.93. The zero-order valence-electron chi connectivity index (χ0n) is 12.7. The first kappa shape index (κ1) is 16.2. The van der Waals surface area contributed by atoms with E-state index in [-0.39, 0.29) is 17.4 Å². The largest absolute Gasteiger partial charge is 0.287 e. The third kappa shape index (κ3) is 4.95. The maximum Gasteiger partial charge on any atom is 0.287 e. The number of azo groups is 1. The predicted molar refractivity (Wildman–Crippen MR) is 87.7 cm³/mol. The van der Waals surface area contributed by atoms with Crippen LogP contribution in [0.15, 0.2) is 64.0 Å². The Morgan fingerprint density at radius 1 is 1.22 bits per heavy atom. The molecule has 1 aromatic heterocycles. The smallest absolute Gasteiger partial charge is 0.277 e. The Bertz CT molecular complexity index is 711. The molecule has 0 fully saturated rings. The molecular weight excluding hydrogens is 296 g/mol. The van der Waals surface area contributed by atoms with Crippen LogP contribution in [0, 0.1) is 16.0 Å². The van der Waals surface area contributed by atoms with Gasteiger partial charge in [0.05, 0.1) is 10.6 Å². The third-order valence-corrected chi connectivity index (χ3v) is 2.79. The molecule has 8 heteroatoms. The van der Waals surface area contributed by atoms with Gasteiger partial charge >= 0.3 is 0 Å². The van der Waals surface area contributed by atoms with Crippen LogP contribution in [0.3, 0.4) is 0 Å². The van der Waals surface area contributed by atoms with Crippen molar-refractivity contribution < 1.29 is 4.92 Å². The SMILES string of the molecule is CC(C)C(N=Nc1ccc([N+](=O)[O-])cn1)=NNc1ccccc1. The van der Waals surface area contributed by atoms with Gasteiger partial charge in [0.1, 0.15) is 6.20 Å². The second-order valence-electron chi connectivity index (χ2n) is 4.93. The molecule has 118 valence electrons. The summed E-state index contributed by atoms with van der Waals surface area (Å²) in [5.74, 6) is 0.825. The normalized spacial score (nSPS) is 11.9. The minimum absolute atomic E-state index is 0.0491. The maximum atomic E-state index is 10.6. The summed E-state index contributed by atoms with van der Waals surface area (Å²) >= 11 is 0. The number of nitrogens with zero attached hydrogens (tertiary/aromatic N) is 5. The number of nitro groups is 1. The van der Waals surface area contributed by atoms with Crippen LogP contribution >= 0.6 is 0 Å².